The number of allylic oxidation sites excluding steroid dienone is 1. The van der Waals surface area contributed by atoms with E-state index < -0.39 is 5.41 Å². The molecule has 0 saturated heterocycles. The van der Waals surface area contributed by atoms with Gasteiger partial charge in [0.1, 0.15) is 17.3 Å². The number of rotatable bonds is 3. The number of fused-ring (bicyclic) bond motifs is 2. The van der Waals surface area contributed by atoms with Crippen LogP contribution in [-0.2, 0) is 9.53 Å². The summed E-state index contributed by atoms with van der Waals surface area (Å²) in [6.07, 6.45) is 14.6. The third kappa shape index (κ3) is 3.36. The molecule has 0 aliphatic heterocycles. The first-order chi connectivity index (χ1) is 12.4. The molecule has 3 saturated carbocycles. The molecule has 3 fully saturated rings. The second kappa shape index (κ2) is 6.95. The average Bonchev–Trinajstić information content (AvgIpc) is 2.63. The van der Waals surface area contributed by atoms with E-state index in [2.05, 4.69) is 13.8 Å². The molecule has 0 spiro atoms. The molecule has 0 atom stereocenters. The molecule has 0 amide bonds. The van der Waals surface area contributed by atoms with Crippen LogP contribution in [0.25, 0.3) is 0 Å². The standard InChI is InChI=1S/C23H35FO2/c1-16-3-5-17(6-4-16)18-7-9-19(10-8-18)26-21(25)23-13-11-22(2,12-14-23)15-20(23)24/h15-19H,3-14H2,1-2H3. The van der Waals surface area contributed by atoms with Gasteiger partial charge in [-0.05, 0) is 93.5 Å². The Balaban J connectivity index is 1.31. The van der Waals surface area contributed by atoms with Gasteiger partial charge in [0.2, 0.25) is 0 Å². The Morgan fingerprint density at radius 1 is 0.962 bits per heavy atom. The Morgan fingerprint density at radius 3 is 2.04 bits per heavy atom. The minimum atomic E-state index is -0.950. The smallest absolute Gasteiger partial charge is 0.319 e. The summed E-state index contributed by atoms with van der Waals surface area (Å²) in [7, 11) is 0. The second-order valence-corrected chi connectivity index (χ2v) is 10.2. The van der Waals surface area contributed by atoms with Crippen LogP contribution in [0.1, 0.15) is 90.9 Å². The molecule has 146 valence electrons. The monoisotopic (exact) mass is 362 g/mol. The molecular formula is C23H35FO2. The van der Waals surface area contributed by atoms with E-state index in [4.69, 9.17) is 4.74 Å². The summed E-state index contributed by atoms with van der Waals surface area (Å²) in [5.74, 6) is 2.11. The molecular weight excluding hydrogens is 327 g/mol. The van der Waals surface area contributed by atoms with Crippen LogP contribution < -0.4 is 0 Å². The Morgan fingerprint density at radius 2 is 1.50 bits per heavy atom. The van der Waals surface area contributed by atoms with Gasteiger partial charge in [-0.25, -0.2) is 4.39 Å². The van der Waals surface area contributed by atoms with Crippen molar-refractivity contribution >= 4 is 5.97 Å². The van der Waals surface area contributed by atoms with E-state index in [-0.39, 0.29) is 23.3 Å². The number of esters is 1. The lowest BCUT2D eigenvalue weighted by atomic mass is 9.58. The van der Waals surface area contributed by atoms with Gasteiger partial charge in [0.05, 0.1) is 0 Å². The quantitative estimate of drug-likeness (QED) is 0.547. The predicted octanol–water partition coefficient (Wildman–Crippen LogP) is 6.35. The molecule has 0 N–H and O–H groups in total. The van der Waals surface area contributed by atoms with Crippen molar-refractivity contribution in [3.05, 3.63) is 11.9 Å². The number of hydrogen-bond acceptors (Lipinski definition) is 2. The highest BCUT2D eigenvalue weighted by molar-refractivity contribution is 5.81. The van der Waals surface area contributed by atoms with Crippen molar-refractivity contribution in [1.82, 2.24) is 0 Å². The fourth-order valence-corrected chi connectivity index (χ4v) is 6.08. The van der Waals surface area contributed by atoms with E-state index in [9.17, 15) is 9.18 Å². The molecule has 0 aromatic carbocycles. The van der Waals surface area contributed by atoms with E-state index in [1.165, 1.54) is 38.5 Å². The lowest BCUT2D eigenvalue weighted by Gasteiger charge is -2.47. The normalized spacial score (nSPS) is 45.9. The van der Waals surface area contributed by atoms with E-state index in [0.717, 1.165) is 43.4 Å². The zero-order chi connectivity index (χ0) is 18.4. The Hall–Kier alpha value is -0.860. The van der Waals surface area contributed by atoms with Crippen LogP contribution in [0.3, 0.4) is 0 Å². The van der Waals surface area contributed by atoms with Gasteiger partial charge >= 0.3 is 5.97 Å². The van der Waals surface area contributed by atoms with Crippen LogP contribution in [0.15, 0.2) is 11.9 Å². The van der Waals surface area contributed by atoms with Gasteiger partial charge in [0.15, 0.2) is 0 Å². The molecule has 0 radical (unpaired) electrons. The van der Waals surface area contributed by atoms with E-state index in [0.29, 0.717) is 12.8 Å². The van der Waals surface area contributed by atoms with Gasteiger partial charge in [-0.2, -0.15) is 0 Å². The number of halogens is 1. The highest BCUT2D eigenvalue weighted by Crippen LogP contribution is 2.57. The van der Waals surface area contributed by atoms with Gasteiger partial charge in [-0.15, -0.1) is 0 Å². The molecule has 0 heterocycles. The Bertz CT molecular complexity index is 557. The largest absolute Gasteiger partial charge is 0.462 e. The summed E-state index contributed by atoms with van der Waals surface area (Å²) in [4.78, 5) is 12.9. The Labute approximate surface area is 157 Å². The van der Waals surface area contributed by atoms with Gasteiger partial charge in [-0.1, -0.05) is 26.7 Å². The summed E-state index contributed by atoms with van der Waals surface area (Å²) in [5, 5.41) is 0. The summed E-state index contributed by atoms with van der Waals surface area (Å²) >= 11 is 0. The zero-order valence-corrected chi connectivity index (χ0v) is 16.6. The molecule has 0 aromatic heterocycles. The van der Waals surface area contributed by atoms with Crippen molar-refractivity contribution in [1.29, 1.82) is 0 Å². The van der Waals surface area contributed by atoms with Crippen molar-refractivity contribution in [3.8, 4) is 0 Å². The van der Waals surface area contributed by atoms with Crippen LogP contribution in [-0.4, -0.2) is 12.1 Å². The topological polar surface area (TPSA) is 26.3 Å². The first kappa shape index (κ1) is 18.5. The molecule has 0 aromatic rings. The maximum atomic E-state index is 14.7. The molecule has 26 heavy (non-hydrogen) atoms. The first-order valence-electron chi connectivity index (χ1n) is 11.0. The van der Waals surface area contributed by atoms with Crippen LogP contribution >= 0.6 is 0 Å². The summed E-state index contributed by atoms with van der Waals surface area (Å²) < 4.78 is 20.6. The van der Waals surface area contributed by atoms with E-state index in [1.54, 1.807) is 6.08 Å². The summed E-state index contributed by atoms with van der Waals surface area (Å²) in [6, 6.07) is 0. The fourth-order valence-electron chi connectivity index (χ4n) is 6.08. The lowest BCUT2D eigenvalue weighted by Crippen LogP contribution is -2.45. The lowest BCUT2D eigenvalue weighted by molar-refractivity contribution is -0.166. The minimum Gasteiger partial charge on any atom is -0.462 e. The Kier molecular flexibility index (Phi) is 4.94. The maximum absolute atomic E-state index is 14.7. The summed E-state index contributed by atoms with van der Waals surface area (Å²) in [6.45, 7) is 4.48. The highest BCUT2D eigenvalue weighted by atomic mass is 19.1. The van der Waals surface area contributed by atoms with Gasteiger partial charge in [-0.3, -0.25) is 4.79 Å². The molecule has 5 aliphatic rings. The molecule has 2 bridgehead atoms. The molecule has 0 unspecified atom stereocenters. The molecule has 2 nitrogen and oxygen atoms in total. The van der Waals surface area contributed by atoms with E-state index in [1.807, 2.05) is 0 Å². The van der Waals surface area contributed by atoms with Gasteiger partial charge in [0.25, 0.3) is 0 Å². The van der Waals surface area contributed by atoms with Crippen LogP contribution in [0.5, 0.6) is 0 Å². The van der Waals surface area contributed by atoms with Crippen LogP contribution in [0.4, 0.5) is 4.39 Å². The number of carbonyl (C=O) groups is 1. The average molecular weight is 363 g/mol. The molecule has 3 heteroatoms. The first-order valence-corrected chi connectivity index (χ1v) is 11.0. The van der Waals surface area contributed by atoms with Crippen LogP contribution in [0, 0.1) is 28.6 Å². The maximum Gasteiger partial charge on any atom is 0.319 e. The van der Waals surface area contributed by atoms with E-state index >= 15 is 0 Å². The number of ether oxygens (including phenoxy) is 1. The highest BCUT2D eigenvalue weighted by Gasteiger charge is 2.54. The summed E-state index contributed by atoms with van der Waals surface area (Å²) in [5.41, 5.74) is -0.990. The van der Waals surface area contributed by atoms with Crippen molar-refractivity contribution in [2.75, 3.05) is 0 Å². The molecule has 5 aliphatic carbocycles. The van der Waals surface area contributed by atoms with Gasteiger partial charge in [0, 0.05) is 0 Å². The zero-order valence-electron chi connectivity index (χ0n) is 16.6. The molecule has 5 rings (SSSR count). The SMILES string of the molecule is CC1CCC(C2CCC(OC(=O)C34CCC(C)(C=C3F)CC4)CC2)CC1. The number of carbonyl (C=O) groups excluding carboxylic acids is 1. The van der Waals surface area contributed by atoms with Crippen molar-refractivity contribution in [2.45, 2.75) is 97.0 Å². The van der Waals surface area contributed by atoms with Crippen LogP contribution in [0.2, 0.25) is 0 Å². The van der Waals surface area contributed by atoms with Crippen molar-refractivity contribution in [3.63, 3.8) is 0 Å². The van der Waals surface area contributed by atoms with Crippen molar-refractivity contribution < 1.29 is 13.9 Å². The number of hydrogen-bond donors (Lipinski definition) is 0. The second-order valence-electron chi connectivity index (χ2n) is 10.2. The fraction of sp³-hybridized carbons (Fsp3) is 0.870. The van der Waals surface area contributed by atoms with Gasteiger partial charge < -0.3 is 4.74 Å². The van der Waals surface area contributed by atoms with Crippen molar-refractivity contribution in [2.24, 2.45) is 28.6 Å². The minimum absolute atomic E-state index is 0.0127. The third-order valence-electron chi connectivity index (χ3n) is 8.29. The third-order valence-corrected chi connectivity index (χ3v) is 8.29. The predicted molar refractivity (Wildman–Crippen MR) is 101 cm³/mol.